The molecule has 0 bridgehead atoms. The van der Waals surface area contributed by atoms with Crippen molar-refractivity contribution in [3.8, 4) is 0 Å². The Morgan fingerprint density at radius 1 is 1.39 bits per heavy atom. The largest absolute Gasteiger partial charge is 0.366 e. The monoisotopic (exact) mass is 244 g/mol. The molecule has 2 N–H and O–H groups in total. The van der Waals surface area contributed by atoms with E-state index in [1.54, 1.807) is 35.2 Å². The van der Waals surface area contributed by atoms with E-state index >= 15 is 0 Å². The number of hydrogen-bond acceptors (Lipinski definition) is 2. The molecule has 94 valence electrons. The number of amides is 2. The standard InChI is InChI=1S/C14H16N2O2/c1-2-8-16(12-6-7-12)14(18)11-5-3-4-10(9-11)13(15)17/h2-5,9,12H,1,6-8H2,(H2,15,17). The Hall–Kier alpha value is -2.10. The molecular weight excluding hydrogens is 228 g/mol. The van der Waals surface area contributed by atoms with Gasteiger partial charge in [0.1, 0.15) is 0 Å². The molecule has 4 nitrogen and oxygen atoms in total. The molecule has 0 aliphatic heterocycles. The van der Waals surface area contributed by atoms with Crippen molar-refractivity contribution < 1.29 is 9.59 Å². The topological polar surface area (TPSA) is 63.4 Å². The molecule has 2 rings (SSSR count). The smallest absolute Gasteiger partial charge is 0.254 e. The maximum atomic E-state index is 12.3. The molecule has 0 aromatic heterocycles. The highest BCUT2D eigenvalue weighted by molar-refractivity contribution is 5.99. The zero-order valence-corrected chi connectivity index (χ0v) is 10.1. The van der Waals surface area contributed by atoms with Crippen LogP contribution in [0.15, 0.2) is 36.9 Å². The van der Waals surface area contributed by atoms with Crippen molar-refractivity contribution in [3.63, 3.8) is 0 Å². The van der Waals surface area contributed by atoms with Gasteiger partial charge in [-0.25, -0.2) is 0 Å². The number of carbonyl (C=O) groups is 2. The molecule has 18 heavy (non-hydrogen) atoms. The van der Waals surface area contributed by atoms with Crippen molar-refractivity contribution in [3.05, 3.63) is 48.0 Å². The molecule has 0 unspecified atom stereocenters. The number of rotatable bonds is 5. The highest BCUT2D eigenvalue weighted by atomic mass is 16.2. The van der Waals surface area contributed by atoms with Gasteiger partial charge in [0.25, 0.3) is 5.91 Å². The lowest BCUT2D eigenvalue weighted by Crippen LogP contribution is -2.33. The zero-order chi connectivity index (χ0) is 13.1. The summed E-state index contributed by atoms with van der Waals surface area (Å²) in [6, 6.07) is 6.84. The molecule has 1 fully saturated rings. The van der Waals surface area contributed by atoms with Crippen LogP contribution in [0.2, 0.25) is 0 Å². The minimum Gasteiger partial charge on any atom is -0.366 e. The number of nitrogens with two attached hydrogens (primary N) is 1. The van der Waals surface area contributed by atoms with Crippen LogP contribution in [0.1, 0.15) is 33.6 Å². The molecule has 4 heteroatoms. The lowest BCUT2D eigenvalue weighted by Gasteiger charge is -2.20. The molecule has 1 aliphatic carbocycles. The van der Waals surface area contributed by atoms with Crippen molar-refractivity contribution in [2.45, 2.75) is 18.9 Å². The van der Waals surface area contributed by atoms with Crippen LogP contribution in [0.3, 0.4) is 0 Å². The van der Waals surface area contributed by atoms with Crippen LogP contribution in [-0.2, 0) is 0 Å². The normalized spacial score (nSPS) is 14.0. The fraction of sp³-hybridized carbons (Fsp3) is 0.286. The Morgan fingerprint density at radius 2 is 2.06 bits per heavy atom. The molecule has 1 aliphatic rings. The first-order valence-corrected chi connectivity index (χ1v) is 5.95. The third kappa shape index (κ3) is 2.59. The second-order valence-corrected chi connectivity index (χ2v) is 4.42. The first-order chi connectivity index (χ1) is 8.63. The van der Waals surface area contributed by atoms with Gasteiger partial charge in [-0.2, -0.15) is 0 Å². The van der Waals surface area contributed by atoms with Gasteiger partial charge in [-0.15, -0.1) is 6.58 Å². The summed E-state index contributed by atoms with van der Waals surface area (Å²) in [6.07, 6.45) is 3.79. The summed E-state index contributed by atoms with van der Waals surface area (Å²) in [5, 5.41) is 0. The highest BCUT2D eigenvalue weighted by Gasteiger charge is 2.32. The summed E-state index contributed by atoms with van der Waals surface area (Å²) in [5.74, 6) is -0.591. The number of carbonyl (C=O) groups excluding carboxylic acids is 2. The first kappa shape index (κ1) is 12.4. The van der Waals surface area contributed by atoms with E-state index in [0.29, 0.717) is 23.7 Å². The summed E-state index contributed by atoms with van der Waals surface area (Å²) >= 11 is 0. The lowest BCUT2D eigenvalue weighted by atomic mass is 10.1. The lowest BCUT2D eigenvalue weighted by molar-refractivity contribution is 0.0762. The van der Waals surface area contributed by atoms with Crippen molar-refractivity contribution in [2.75, 3.05) is 6.54 Å². The third-order valence-corrected chi connectivity index (χ3v) is 2.97. The molecular formula is C14H16N2O2. The van der Waals surface area contributed by atoms with E-state index in [-0.39, 0.29) is 5.91 Å². The molecule has 0 heterocycles. The highest BCUT2D eigenvalue weighted by Crippen LogP contribution is 2.28. The Labute approximate surface area is 106 Å². The molecule has 0 radical (unpaired) electrons. The van der Waals surface area contributed by atoms with Gasteiger partial charge >= 0.3 is 0 Å². The van der Waals surface area contributed by atoms with Crippen LogP contribution >= 0.6 is 0 Å². The van der Waals surface area contributed by atoms with Crippen LogP contribution < -0.4 is 5.73 Å². The van der Waals surface area contributed by atoms with Crippen molar-refractivity contribution >= 4 is 11.8 Å². The van der Waals surface area contributed by atoms with E-state index in [0.717, 1.165) is 12.8 Å². The van der Waals surface area contributed by atoms with Gasteiger partial charge in [-0.3, -0.25) is 9.59 Å². The Balaban J connectivity index is 2.23. The first-order valence-electron chi connectivity index (χ1n) is 5.95. The van der Waals surface area contributed by atoms with Crippen LogP contribution in [-0.4, -0.2) is 29.3 Å². The van der Waals surface area contributed by atoms with E-state index in [9.17, 15) is 9.59 Å². The number of benzene rings is 1. The molecule has 0 spiro atoms. The Morgan fingerprint density at radius 3 is 2.61 bits per heavy atom. The summed E-state index contributed by atoms with van der Waals surface area (Å²) in [5.41, 5.74) is 6.07. The second kappa shape index (κ2) is 5.04. The average Bonchev–Trinajstić information content (AvgIpc) is 3.19. The quantitative estimate of drug-likeness (QED) is 0.799. The predicted molar refractivity (Wildman–Crippen MR) is 69.2 cm³/mol. The summed E-state index contributed by atoms with van der Waals surface area (Å²) in [6.45, 7) is 4.20. The summed E-state index contributed by atoms with van der Waals surface area (Å²) in [4.78, 5) is 25.2. The second-order valence-electron chi connectivity index (χ2n) is 4.42. The molecule has 0 atom stereocenters. The van der Waals surface area contributed by atoms with Crippen LogP contribution in [0.4, 0.5) is 0 Å². The van der Waals surface area contributed by atoms with Crippen LogP contribution in [0, 0.1) is 0 Å². The van der Waals surface area contributed by atoms with Gasteiger partial charge in [0.05, 0.1) is 0 Å². The zero-order valence-electron chi connectivity index (χ0n) is 10.1. The minimum atomic E-state index is -0.522. The van der Waals surface area contributed by atoms with Crippen molar-refractivity contribution in [2.24, 2.45) is 5.73 Å². The van der Waals surface area contributed by atoms with E-state index in [1.807, 2.05) is 0 Å². The Kier molecular flexibility index (Phi) is 3.46. The fourth-order valence-electron chi connectivity index (χ4n) is 1.89. The van der Waals surface area contributed by atoms with Gasteiger partial charge in [-0.1, -0.05) is 12.1 Å². The van der Waals surface area contributed by atoms with E-state index in [1.165, 1.54) is 0 Å². The molecule has 1 aromatic carbocycles. The van der Waals surface area contributed by atoms with Gasteiger partial charge in [0, 0.05) is 23.7 Å². The maximum Gasteiger partial charge on any atom is 0.254 e. The van der Waals surface area contributed by atoms with E-state index in [2.05, 4.69) is 6.58 Å². The third-order valence-electron chi connectivity index (χ3n) is 2.97. The molecule has 2 amide bonds. The number of nitrogens with zero attached hydrogens (tertiary/aromatic N) is 1. The molecule has 1 aromatic rings. The summed E-state index contributed by atoms with van der Waals surface area (Å²) < 4.78 is 0. The van der Waals surface area contributed by atoms with Crippen molar-refractivity contribution in [1.29, 1.82) is 0 Å². The SMILES string of the molecule is C=CCN(C(=O)c1cccc(C(N)=O)c1)C1CC1. The van der Waals surface area contributed by atoms with Gasteiger partial charge in [0.15, 0.2) is 0 Å². The molecule has 1 saturated carbocycles. The molecule has 0 saturated heterocycles. The van der Waals surface area contributed by atoms with Crippen LogP contribution in [0.25, 0.3) is 0 Å². The fourth-order valence-corrected chi connectivity index (χ4v) is 1.89. The average molecular weight is 244 g/mol. The van der Waals surface area contributed by atoms with E-state index < -0.39 is 5.91 Å². The summed E-state index contributed by atoms with van der Waals surface area (Å²) in [7, 11) is 0. The number of primary amides is 1. The predicted octanol–water partition coefficient (Wildman–Crippen LogP) is 1.58. The van der Waals surface area contributed by atoms with E-state index in [4.69, 9.17) is 5.73 Å². The van der Waals surface area contributed by atoms with Gasteiger partial charge in [0.2, 0.25) is 5.91 Å². The van der Waals surface area contributed by atoms with Crippen LogP contribution in [0.5, 0.6) is 0 Å². The van der Waals surface area contributed by atoms with Gasteiger partial charge in [-0.05, 0) is 31.0 Å². The maximum absolute atomic E-state index is 12.3. The number of hydrogen-bond donors (Lipinski definition) is 1. The van der Waals surface area contributed by atoms with Crippen molar-refractivity contribution in [1.82, 2.24) is 4.90 Å². The Bertz CT molecular complexity index is 492. The van der Waals surface area contributed by atoms with Gasteiger partial charge < -0.3 is 10.6 Å². The minimum absolute atomic E-state index is 0.0690.